The Morgan fingerprint density at radius 3 is 2.50 bits per heavy atom. The zero-order chi connectivity index (χ0) is 15.4. The van der Waals surface area contributed by atoms with Crippen LogP contribution in [0, 0.1) is 11.3 Å². The molecule has 22 heavy (non-hydrogen) atoms. The van der Waals surface area contributed by atoms with E-state index < -0.39 is 0 Å². The van der Waals surface area contributed by atoms with Gasteiger partial charge in [0.2, 0.25) is 0 Å². The SMILES string of the molecule is CSc1nc(CCc2ccccc2)c2c(c1C#N)CCCC2. The standard InChI is InChI=1S/C19H20N2S/c1-22-19-17(13-20)15-9-5-6-10-16(15)18(21-19)12-11-14-7-3-2-4-8-14/h2-4,7-8H,5-6,9-12H2,1H3. The number of aromatic nitrogens is 1. The van der Waals surface area contributed by atoms with Crippen LogP contribution in [0.5, 0.6) is 0 Å². The minimum absolute atomic E-state index is 0.825. The first kappa shape index (κ1) is 15.1. The quantitative estimate of drug-likeness (QED) is 0.788. The Balaban J connectivity index is 1.95. The summed E-state index contributed by atoms with van der Waals surface area (Å²) >= 11 is 1.60. The molecule has 1 aromatic heterocycles. The summed E-state index contributed by atoms with van der Waals surface area (Å²) in [4.78, 5) is 4.83. The molecule has 0 amide bonds. The molecule has 0 aliphatic heterocycles. The van der Waals surface area contributed by atoms with Crippen LogP contribution in [-0.2, 0) is 25.7 Å². The molecule has 2 aromatic rings. The van der Waals surface area contributed by atoms with Gasteiger partial charge in [0, 0.05) is 5.69 Å². The van der Waals surface area contributed by atoms with Crippen molar-refractivity contribution < 1.29 is 0 Å². The molecule has 3 heteroatoms. The smallest absolute Gasteiger partial charge is 0.114 e. The second-order valence-electron chi connectivity index (χ2n) is 5.70. The summed E-state index contributed by atoms with van der Waals surface area (Å²) in [5, 5.41) is 10.4. The summed E-state index contributed by atoms with van der Waals surface area (Å²) in [6.45, 7) is 0. The van der Waals surface area contributed by atoms with Crippen LogP contribution in [0.25, 0.3) is 0 Å². The first-order valence-corrected chi connectivity index (χ1v) is 9.08. The molecule has 2 nitrogen and oxygen atoms in total. The van der Waals surface area contributed by atoms with Gasteiger partial charge in [0.15, 0.2) is 0 Å². The molecule has 1 aliphatic carbocycles. The third kappa shape index (κ3) is 3.03. The van der Waals surface area contributed by atoms with Crippen molar-refractivity contribution in [2.75, 3.05) is 6.26 Å². The monoisotopic (exact) mass is 308 g/mol. The van der Waals surface area contributed by atoms with Crippen LogP contribution in [0.4, 0.5) is 0 Å². The van der Waals surface area contributed by atoms with Crippen molar-refractivity contribution in [2.45, 2.75) is 43.6 Å². The highest BCUT2D eigenvalue weighted by Gasteiger charge is 2.21. The third-order valence-corrected chi connectivity index (χ3v) is 5.05. The largest absolute Gasteiger partial charge is 0.245 e. The van der Waals surface area contributed by atoms with Crippen LogP contribution in [0.1, 0.15) is 40.8 Å². The van der Waals surface area contributed by atoms with Gasteiger partial charge >= 0.3 is 0 Å². The summed E-state index contributed by atoms with van der Waals surface area (Å²) in [7, 11) is 0. The first-order valence-electron chi connectivity index (χ1n) is 7.86. The second-order valence-corrected chi connectivity index (χ2v) is 6.50. The number of thioether (sulfide) groups is 1. The van der Waals surface area contributed by atoms with Crippen molar-refractivity contribution in [3.63, 3.8) is 0 Å². The van der Waals surface area contributed by atoms with E-state index >= 15 is 0 Å². The molecule has 0 spiro atoms. The van der Waals surface area contributed by atoms with Gasteiger partial charge in [-0.15, -0.1) is 11.8 Å². The lowest BCUT2D eigenvalue weighted by Gasteiger charge is -2.21. The maximum atomic E-state index is 9.50. The van der Waals surface area contributed by atoms with E-state index in [9.17, 15) is 5.26 Å². The summed E-state index contributed by atoms with van der Waals surface area (Å²) in [6.07, 6.45) is 8.52. The minimum Gasteiger partial charge on any atom is -0.245 e. The summed E-state index contributed by atoms with van der Waals surface area (Å²) in [6, 6.07) is 13.0. The van der Waals surface area contributed by atoms with Crippen molar-refractivity contribution in [2.24, 2.45) is 0 Å². The first-order chi connectivity index (χ1) is 10.8. The number of aryl methyl sites for hydroxylation is 2. The Kier molecular flexibility index (Phi) is 4.80. The van der Waals surface area contributed by atoms with Crippen LogP contribution in [0.2, 0.25) is 0 Å². The lowest BCUT2D eigenvalue weighted by Crippen LogP contribution is -2.13. The second kappa shape index (κ2) is 6.98. The summed E-state index contributed by atoms with van der Waals surface area (Å²) in [5.74, 6) is 0. The van der Waals surface area contributed by atoms with E-state index in [0.717, 1.165) is 36.3 Å². The number of rotatable bonds is 4. The van der Waals surface area contributed by atoms with Crippen molar-refractivity contribution in [3.05, 3.63) is 58.3 Å². The third-order valence-electron chi connectivity index (χ3n) is 4.37. The number of fused-ring (bicyclic) bond motifs is 1. The normalized spacial score (nSPS) is 13.5. The zero-order valence-electron chi connectivity index (χ0n) is 12.9. The Labute approximate surface area is 136 Å². The Hall–Kier alpha value is -1.79. The number of nitriles is 1. The molecule has 0 bridgehead atoms. The van der Waals surface area contributed by atoms with E-state index in [1.54, 1.807) is 11.8 Å². The summed E-state index contributed by atoms with van der Waals surface area (Å²) < 4.78 is 0. The molecule has 1 aliphatic rings. The molecule has 1 heterocycles. The fraction of sp³-hybridized carbons (Fsp3) is 0.368. The molecule has 3 rings (SSSR count). The van der Waals surface area contributed by atoms with Crippen molar-refractivity contribution in [1.82, 2.24) is 4.98 Å². The van der Waals surface area contributed by atoms with Gasteiger partial charge in [0.1, 0.15) is 11.1 Å². The lowest BCUT2D eigenvalue weighted by molar-refractivity contribution is 0.661. The van der Waals surface area contributed by atoms with Crippen molar-refractivity contribution in [3.8, 4) is 6.07 Å². The maximum absolute atomic E-state index is 9.50. The average Bonchev–Trinajstić information content (AvgIpc) is 2.59. The molecule has 112 valence electrons. The molecular formula is C19H20N2S. The van der Waals surface area contributed by atoms with Gasteiger partial charge in [-0.3, -0.25) is 0 Å². The number of nitrogens with zero attached hydrogens (tertiary/aromatic N) is 2. The van der Waals surface area contributed by atoms with Crippen LogP contribution in [0.3, 0.4) is 0 Å². The van der Waals surface area contributed by atoms with Gasteiger partial charge < -0.3 is 0 Å². The predicted octanol–water partition coefficient (Wildman–Crippen LogP) is 4.34. The van der Waals surface area contributed by atoms with Crippen LogP contribution < -0.4 is 0 Å². The van der Waals surface area contributed by atoms with Crippen LogP contribution in [-0.4, -0.2) is 11.2 Å². The van der Waals surface area contributed by atoms with Gasteiger partial charge in [-0.25, -0.2) is 4.98 Å². The summed E-state index contributed by atoms with van der Waals surface area (Å²) in [5.41, 5.74) is 6.02. The van der Waals surface area contributed by atoms with Crippen LogP contribution in [0.15, 0.2) is 35.4 Å². The van der Waals surface area contributed by atoms with E-state index in [0.29, 0.717) is 0 Å². The number of hydrogen-bond donors (Lipinski definition) is 0. The number of pyridine rings is 1. The lowest BCUT2D eigenvalue weighted by atomic mass is 9.87. The van der Waals surface area contributed by atoms with Gasteiger partial charge in [-0.2, -0.15) is 5.26 Å². The van der Waals surface area contributed by atoms with Crippen molar-refractivity contribution in [1.29, 1.82) is 5.26 Å². The topological polar surface area (TPSA) is 36.7 Å². The molecule has 0 unspecified atom stereocenters. The number of benzene rings is 1. The fourth-order valence-electron chi connectivity index (χ4n) is 3.25. The minimum atomic E-state index is 0.825. The van der Waals surface area contributed by atoms with Crippen molar-refractivity contribution >= 4 is 11.8 Å². The molecule has 0 fully saturated rings. The maximum Gasteiger partial charge on any atom is 0.114 e. The zero-order valence-corrected chi connectivity index (χ0v) is 13.7. The Morgan fingerprint density at radius 2 is 1.82 bits per heavy atom. The average molecular weight is 308 g/mol. The van der Waals surface area contributed by atoms with Gasteiger partial charge in [0.25, 0.3) is 0 Å². The van der Waals surface area contributed by atoms with E-state index in [1.165, 1.54) is 35.2 Å². The van der Waals surface area contributed by atoms with Gasteiger partial charge in [-0.05, 0) is 61.5 Å². The molecular weight excluding hydrogens is 288 g/mol. The van der Waals surface area contributed by atoms with Gasteiger partial charge in [0.05, 0.1) is 5.56 Å². The molecule has 0 saturated carbocycles. The fourth-order valence-corrected chi connectivity index (χ4v) is 3.83. The van der Waals surface area contributed by atoms with E-state index in [4.69, 9.17) is 4.98 Å². The van der Waals surface area contributed by atoms with E-state index in [1.807, 2.05) is 6.26 Å². The Morgan fingerprint density at radius 1 is 1.09 bits per heavy atom. The van der Waals surface area contributed by atoms with Gasteiger partial charge in [-0.1, -0.05) is 30.3 Å². The molecule has 0 saturated heterocycles. The highest BCUT2D eigenvalue weighted by atomic mass is 32.2. The highest BCUT2D eigenvalue weighted by Crippen LogP contribution is 2.32. The van der Waals surface area contributed by atoms with E-state index in [-0.39, 0.29) is 0 Å². The molecule has 0 atom stereocenters. The van der Waals surface area contributed by atoms with E-state index in [2.05, 4.69) is 36.4 Å². The Bertz CT molecular complexity index is 702. The molecule has 0 radical (unpaired) electrons. The molecule has 1 aromatic carbocycles. The number of hydrogen-bond acceptors (Lipinski definition) is 3. The highest BCUT2D eigenvalue weighted by molar-refractivity contribution is 7.98. The van der Waals surface area contributed by atoms with Crippen LogP contribution >= 0.6 is 11.8 Å². The predicted molar refractivity (Wildman–Crippen MR) is 91.2 cm³/mol. The molecule has 0 N–H and O–H groups in total.